The molecule has 8 heteroatoms. The van der Waals surface area contributed by atoms with Crippen LogP contribution in [0.25, 0.3) is 0 Å². The van der Waals surface area contributed by atoms with E-state index in [-0.39, 0.29) is 11.1 Å². The summed E-state index contributed by atoms with van der Waals surface area (Å²) in [4.78, 5) is 51.0. The molecule has 0 N–H and O–H groups in total. The Balaban J connectivity index is 2.67. The molecular weight excluding hydrogens is 392 g/mol. The Bertz CT molecular complexity index is 903. The van der Waals surface area contributed by atoms with E-state index in [2.05, 4.69) is 9.47 Å². The SMILES string of the molecule is COC(=O)/C(C(=O)c1ccc(OC)cc1)=C(/C(=O)OC)C(=O)c1ccc(OC)cc1. The normalized spacial score (nSPS) is 11.1. The van der Waals surface area contributed by atoms with Gasteiger partial charge in [0.05, 0.1) is 28.4 Å². The summed E-state index contributed by atoms with van der Waals surface area (Å²) in [6, 6.07) is 11.6. The van der Waals surface area contributed by atoms with Gasteiger partial charge in [0.1, 0.15) is 22.6 Å². The van der Waals surface area contributed by atoms with Crippen LogP contribution in [0.15, 0.2) is 59.7 Å². The molecule has 0 saturated heterocycles. The number of carbonyl (C=O) groups excluding carboxylic acids is 4. The Labute approximate surface area is 173 Å². The molecule has 2 aromatic rings. The first-order valence-corrected chi connectivity index (χ1v) is 8.66. The third-order valence-electron chi connectivity index (χ3n) is 4.19. The minimum atomic E-state index is -1.14. The molecule has 0 bridgehead atoms. The fourth-order valence-corrected chi connectivity index (χ4v) is 2.59. The fourth-order valence-electron chi connectivity index (χ4n) is 2.59. The molecule has 156 valence electrons. The maximum Gasteiger partial charge on any atom is 0.342 e. The van der Waals surface area contributed by atoms with Crippen molar-refractivity contribution in [1.29, 1.82) is 0 Å². The van der Waals surface area contributed by atoms with Crippen LogP contribution >= 0.6 is 0 Å². The van der Waals surface area contributed by atoms with E-state index in [1.165, 1.54) is 62.8 Å². The Hall–Kier alpha value is -3.94. The summed E-state index contributed by atoms with van der Waals surface area (Å²) in [7, 11) is 4.99. The van der Waals surface area contributed by atoms with Gasteiger partial charge in [0, 0.05) is 11.1 Å². The molecule has 2 aromatic carbocycles. The lowest BCUT2D eigenvalue weighted by atomic mass is 9.93. The van der Waals surface area contributed by atoms with Crippen LogP contribution in [0.3, 0.4) is 0 Å². The minimum Gasteiger partial charge on any atom is -0.497 e. The van der Waals surface area contributed by atoms with Crippen molar-refractivity contribution >= 4 is 23.5 Å². The van der Waals surface area contributed by atoms with Gasteiger partial charge in [-0.1, -0.05) is 0 Å². The Morgan fingerprint density at radius 3 is 1.07 bits per heavy atom. The molecule has 0 aliphatic heterocycles. The third-order valence-corrected chi connectivity index (χ3v) is 4.19. The predicted molar refractivity (Wildman–Crippen MR) is 106 cm³/mol. The van der Waals surface area contributed by atoms with Gasteiger partial charge >= 0.3 is 11.9 Å². The van der Waals surface area contributed by atoms with Gasteiger partial charge in [-0.25, -0.2) is 9.59 Å². The van der Waals surface area contributed by atoms with Crippen LogP contribution in [0.4, 0.5) is 0 Å². The van der Waals surface area contributed by atoms with Crippen molar-refractivity contribution in [2.75, 3.05) is 28.4 Å². The molecular formula is C22H20O8. The molecule has 0 heterocycles. The van der Waals surface area contributed by atoms with Gasteiger partial charge in [0.15, 0.2) is 0 Å². The number of Topliss-reactive ketones (excluding diaryl/α,β-unsaturated/α-hetero) is 2. The number of carbonyl (C=O) groups is 4. The molecule has 0 radical (unpaired) electrons. The highest BCUT2D eigenvalue weighted by molar-refractivity contribution is 6.36. The van der Waals surface area contributed by atoms with Crippen LogP contribution in [0.1, 0.15) is 20.7 Å². The van der Waals surface area contributed by atoms with Gasteiger partial charge < -0.3 is 18.9 Å². The molecule has 0 saturated carbocycles. The van der Waals surface area contributed by atoms with Gasteiger partial charge in [-0.05, 0) is 48.5 Å². The third kappa shape index (κ3) is 4.72. The van der Waals surface area contributed by atoms with Crippen LogP contribution in [-0.2, 0) is 19.1 Å². The lowest BCUT2D eigenvalue weighted by Crippen LogP contribution is -2.26. The largest absolute Gasteiger partial charge is 0.497 e. The molecule has 2 rings (SSSR count). The fraction of sp³-hybridized carbons (Fsp3) is 0.182. The van der Waals surface area contributed by atoms with Crippen molar-refractivity contribution < 1.29 is 38.1 Å². The smallest absolute Gasteiger partial charge is 0.342 e. The van der Waals surface area contributed by atoms with E-state index >= 15 is 0 Å². The zero-order valence-electron chi connectivity index (χ0n) is 16.9. The van der Waals surface area contributed by atoms with Crippen molar-refractivity contribution in [1.82, 2.24) is 0 Å². The van der Waals surface area contributed by atoms with Gasteiger partial charge in [-0.3, -0.25) is 9.59 Å². The maximum atomic E-state index is 13.1. The first-order valence-electron chi connectivity index (χ1n) is 8.66. The quantitative estimate of drug-likeness (QED) is 0.214. The summed E-state index contributed by atoms with van der Waals surface area (Å²) in [5, 5.41) is 0. The lowest BCUT2D eigenvalue weighted by molar-refractivity contribution is -0.138. The monoisotopic (exact) mass is 412 g/mol. The Kier molecular flexibility index (Phi) is 7.46. The number of hydrogen-bond acceptors (Lipinski definition) is 8. The van der Waals surface area contributed by atoms with Crippen molar-refractivity contribution in [2.45, 2.75) is 0 Å². The number of rotatable bonds is 8. The second-order valence-corrected chi connectivity index (χ2v) is 5.85. The summed E-state index contributed by atoms with van der Waals surface area (Å²) in [5.41, 5.74) is -1.34. The van der Waals surface area contributed by atoms with Crippen LogP contribution in [-0.4, -0.2) is 51.9 Å². The molecule has 0 atom stereocenters. The topological polar surface area (TPSA) is 105 Å². The molecule has 8 nitrogen and oxygen atoms in total. The second kappa shape index (κ2) is 10.0. The van der Waals surface area contributed by atoms with E-state index in [0.29, 0.717) is 11.5 Å². The van der Waals surface area contributed by atoms with Crippen LogP contribution < -0.4 is 9.47 Å². The van der Waals surface area contributed by atoms with E-state index in [1.54, 1.807) is 0 Å². The number of methoxy groups -OCH3 is 4. The van der Waals surface area contributed by atoms with E-state index in [9.17, 15) is 19.2 Å². The molecule has 0 aliphatic rings. The van der Waals surface area contributed by atoms with Gasteiger partial charge in [-0.2, -0.15) is 0 Å². The summed E-state index contributed by atoms with van der Waals surface area (Å²) in [6.07, 6.45) is 0. The van der Waals surface area contributed by atoms with E-state index in [0.717, 1.165) is 14.2 Å². The van der Waals surface area contributed by atoms with Crippen molar-refractivity contribution in [2.24, 2.45) is 0 Å². The number of esters is 2. The Morgan fingerprint density at radius 2 is 0.833 bits per heavy atom. The van der Waals surface area contributed by atoms with Crippen molar-refractivity contribution in [3.8, 4) is 11.5 Å². The summed E-state index contributed by atoms with van der Waals surface area (Å²) in [5.74, 6) is -3.05. The highest BCUT2D eigenvalue weighted by Crippen LogP contribution is 2.22. The molecule has 0 aromatic heterocycles. The zero-order valence-corrected chi connectivity index (χ0v) is 16.9. The summed E-state index contributed by atoms with van der Waals surface area (Å²) in [6.45, 7) is 0. The lowest BCUT2D eigenvalue weighted by Gasteiger charge is -2.12. The van der Waals surface area contributed by atoms with E-state index < -0.39 is 34.7 Å². The molecule has 30 heavy (non-hydrogen) atoms. The molecule has 0 fully saturated rings. The van der Waals surface area contributed by atoms with Crippen LogP contribution in [0, 0.1) is 0 Å². The number of ketones is 2. The summed E-state index contributed by atoms with van der Waals surface area (Å²) >= 11 is 0. The molecule has 0 aliphatic carbocycles. The highest BCUT2D eigenvalue weighted by atomic mass is 16.5. The second-order valence-electron chi connectivity index (χ2n) is 5.85. The molecule has 0 spiro atoms. The number of benzene rings is 2. The predicted octanol–water partition coefficient (Wildman–Crippen LogP) is 2.41. The standard InChI is InChI=1S/C22H20O8/c1-27-15-9-5-13(6-10-15)19(23)17(21(25)29-3)18(22(26)30-4)20(24)14-7-11-16(28-2)12-8-14/h5-12H,1-4H3/b18-17+. The molecule has 0 amide bonds. The van der Waals surface area contributed by atoms with Gasteiger partial charge in [-0.15, -0.1) is 0 Å². The number of hydrogen-bond donors (Lipinski definition) is 0. The first kappa shape index (κ1) is 22.4. The number of ether oxygens (including phenoxy) is 4. The van der Waals surface area contributed by atoms with Crippen molar-refractivity contribution in [3.05, 3.63) is 70.8 Å². The Morgan fingerprint density at radius 1 is 0.533 bits per heavy atom. The average molecular weight is 412 g/mol. The van der Waals surface area contributed by atoms with Crippen LogP contribution in [0.2, 0.25) is 0 Å². The summed E-state index contributed by atoms with van der Waals surface area (Å²) < 4.78 is 19.4. The minimum absolute atomic E-state index is 0.0557. The first-order chi connectivity index (χ1) is 14.4. The highest BCUT2D eigenvalue weighted by Gasteiger charge is 2.34. The van der Waals surface area contributed by atoms with E-state index in [1.807, 2.05) is 0 Å². The zero-order chi connectivity index (χ0) is 22.3. The van der Waals surface area contributed by atoms with Crippen molar-refractivity contribution in [3.63, 3.8) is 0 Å². The van der Waals surface area contributed by atoms with Crippen LogP contribution in [0.5, 0.6) is 11.5 Å². The average Bonchev–Trinajstić information content (AvgIpc) is 2.80. The maximum absolute atomic E-state index is 13.1. The van der Waals surface area contributed by atoms with Gasteiger partial charge in [0.25, 0.3) is 0 Å². The van der Waals surface area contributed by atoms with E-state index in [4.69, 9.17) is 9.47 Å². The molecule has 0 unspecified atom stereocenters. The van der Waals surface area contributed by atoms with Gasteiger partial charge in [0.2, 0.25) is 11.6 Å².